The number of rotatable bonds is 6. The quantitative estimate of drug-likeness (QED) is 0.292. The van der Waals surface area contributed by atoms with Crippen LogP contribution in [0.3, 0.4) is 0 Å². The monoisotopic (exact) mass is 398 g/mol. The Labute approximate surface area is 164 Å². The Morgan fingerprint density at radius 1 is 1.32 bits per heavy atom. The number of nitro benzene ring substituents is 1. The van der Waals surface area contributed by atoms with Crippen molar-refractivity contribution in [2.45, 2.75) is 6.92 Å². The van der Waals surface area contributed by atoms with Gasteiger partial charge in [0.1, 0.15) is 16.5 Å². The van der Waals surface area contributed by atoms with Gasteiger partial charge in [0.2, 0.25) is 0 Å². The first-order valence-electron chi connectivity index (χ1n) is 8.29. The lowest BCUT2D eigenvalue weighted by Crippen LogP contribution is -2.19. The molecule has 0 saturated carbocycles. The Morgan fingerprint density at radius 3 is 2.86 bits per heavy atom. The Kier molecular flexibility index (Phi) is 5.81. The van der Waals surface area contributed by atoms with Crippen LogP contribution < -0.4 is 10.2 Å². The number of nitro groups is 1. The van der Waals surface area contributed by atoms with Crippen molar-refractivity contribution in [1.82, 2.24) is 10.4 Å². The molecule has 1 aromatic heterocycles. The molecule has 0 aliphatic heterocycles. The number of halogens is 1. The smallest absolute Gasteiger partial charge is 0.282 e. The molecule has 8 nitrogen and oxygen atoms in total. The van der Waals surface area contributed by atoms with E-state index in [0.29, 0.717) is 23.4 Å². The number of aromatic nitrogens is 1. The van der Waals surface area contributed by atoms with Crippen molar-refractivity contribution in [3.63, 3.8) is 0 Å². The highest BCUT2D eigenvalue weighted by Crippen LogP contribution is 2.23. The van der Waals surface area contributed by atoms with E-state index in [1.807, 2.05) is 19.1 Å². The Hall–Kier alpha value is -3.52. The first kappa shape index (κ1) is 19.2. The van der Waals surface area contributed by atoms with Crippen molar-refractivity contribution < 1.29 is 14.5 Å². The van der Waals surface area contributed by atoms with E-state index in [2.05, 4.69) is 15.5 Å². The first-order chi connectivity index (χ1) is 13.5. The molecule has 9 heteroatoms. The van der Waals surface area contributed by atoms with Crippen molar-refractivity contribution in [3.8, 4) is 5.75 Å². The van der Waals surface area contributed by atoms with Crippen molar-refractivity contribution in [3.05, 3.63) is 74.9 Å². The molecule has 3 rings (SSSR count). The zero-order valence-corrected chi connectivity index (χ0v) is 15.5. The third kappa shape index (κ3) is 4.24. The standard InChI is InChI=1S/C19H15ClN4O4/c1-2-28-14-8-7-12-9-13(18(20)22-16(12)10-14)11-21-23-19(25)15-5-3-4-6-17(15)24(26)27/h3-11H,2H2,1H3,(H,23,25)/b21-11-. The molecule has 0 fully saturated rings. The summed E-state index contributed by atoms with van der Waals surface area (Å²) in [5, 5.41) is 15.9. The topological polar surface area (TPSA) is 107 Å². The summed E-state index contributed by atoms with van der Waals surface area (Å²) in [6.45, 7) is 2.44. The minimum Gasteiger partial charge on any atom is -0.494 e. The summed E-state index contributed by atoms with van der Waals surface area (Å²) < 4.78 is 5.44. The van der Waals surface area contributed by atoms with Crippen LogP contribution in [0, 0.1) is 10.1 Å². The van der Waals surface area contributed by atoms with Gasteiger partial charge in [-0.3, -0.25) is 14.9 Å². The van der Waals surface area contributed by atoms with E-state index in [1.165, 1.54) is 30.5 Å². The van der Waals surface area contributed by atoms with Gasteiger partial charge in [0, 0.05) is 23.1 Å². The second-order valence-electron chi connectivity index (χ2n) is 5.63. The van der Waals surface area contributed by atoms with Gasteiger partial charge in [-0.1, -0.05) is 23.7 Å². The molecule has 0 bridgehead atoms. The van der Waals surface area contributed by atoms with Crippen molar-refractivity contribution in [2.24, 2.45) is 5.10 Å². The van der Waals surface area contributed by atoms with E-state index >= 15 is 0 Å². The van der Waals surface area contributed by atoms with Gasteiger partial charge in [0.05, 0.1) is 23.3 Å². The van der Waals surface area contributed by atoms with Crippen LogP contribution >= 0.6 is 11.6 Å². The van der Waals surface area contributed by atoms with Gasteiger partial charge < -0.3 is 4.74 Å². The highest BCUT2D eigenvalue weighted by Gasteiger charge is 2.18. The number of hydrogen-bond acceptors (Lipinski definition) is 6. The molecule has 3 aromatic rings. The van der Waals surface area contributed by atoms with Crippen LogP contribution in [0.5, 0.6) is 5.75 Å². The number of carbonyl (C=O) groups is 1. The molecular weight excluding hydrogens is 384 g/mol. The maximum atomic E-state index is 12.2. The fraction of sp³-hybridized carbons (Fsp3) is 0.105. The third-order valence-corrected chi connectivity index (χ3v) is 4.10. The number of pyridine rings is 1. The van der Waals surface area contributed by atoms with Crippen LogP contribution in [0.25, 0.3) is 10.9 Å². The predicted octanol–water partition coefficient (Wildman–Crippen LogP) is 3.96. The number of amides is 1. The molecule has 0 radical (unpaired) electrons. The minimum absolute atomic E-state index is 0.0872. The van der Waals surface area contributed by atoms with Crippen LogP contribution in [0.2, 0.25) is 5.15 Å². The molecule has 1 N–H and O–H groups in total. The number of hydrazone groups is 1. The van der Waals surface area contributed by atoms with Gasteiger partial charge in [0.25, 0.3) is 11.6 Å². The summed E-state index contributed by atoms with van der Waals surface area (Å²) in [5.41, 5.74) is 3.03. The molecule has 2 aromatic carbocycles. The van der Waals surface area contributed by atoms with Gasteiger partial charge in [-0.25, -0.2) is 10.4 Å². The lowest BCUT2D eigenvalue weighted by molar-refractivity contribution is -0.385. The van der Waals surface area contributed by atoms with Gasteiger partial charge in [-0.05, 0) is 31.2 Å². The number of nitrogens with one attached hydrogen (secondary N) is 1. The largest absolute Gasteiger partial charge is 0.494 e. The summed E-state index contributed by atoms with van der Waals surface area (Å²) in [7, 11) is 0. The fourth-order valence-corrected chi connectivity index (χ4v) is 2.73. The maximum Gasteiger partial charge on any atom is 0.282 e. The first-order valence-corrected chi connectivity index (χ1v) is 8.67. The number of nitrogens with zero attached hydrogens (tertiary/aromatic N) is 3. The van der Waals surface area contributed by atoms with E-state index in [-0.39, 0.29) is 16.4 Å². The minimum atomic E-state index is -0.699. The Bertz CT molecular complexity index is 1080. The summed E-state index contributed by atoms with van der Waals surface area (Å²) in [4.78, 5) is 26.9. The van der Waals surface area contributed by atoms with Gasteiger partial charge >= 0.3 is 0 Å². The zero-order chi connectivity index (χ0) is 20.1. The van der Waals surface area contributed by atoms with Crippen LogP contribution in [0.15, 0.2) is 53.6 Å². The molecule has 28 heavy (non-hydrogen) atoms. The lowest BCUT2D eigenvalue weighted by atomic mass is 10.1. The molecule has 0 aliphatic carbocycles. The molecule has 0 unspecified atom stereocenters. The SMILES string of the molecule is CCOc1ccc2cc(/C=N\NC(=O)c3ccccc3[N+](=O)[O-])c(Cl)nc2c1. The van der Waals surface area contributed by atoms with Crippen molar-refractivity contribution in [2.75, 3.05) is 6.61 Å². The number of carbonyl (C=O) groups excluding carboxylic acids is 1. The third-order valence-electron chi connectivity index (χ3n) is 3.80. The molecule has 1 heterocycles. The molecule has 142 valence electrons. The number of benzene rings is 2. The maximum absolute atomic E-state index is 12.2. The van der Waals surface area contributed by atoms with Gasteiger partial charge in [0.15, 0.2) is 0 Å². The molecule has 0 saturated heterocycles. The normalized spacial score (nSPS) is 10.9. The lowest BCUT2D eigenvalue weighted by Gasteiger charge is -2.06. The number of hydrogen-bond donors (Lipinski definition) is 1. The summed E-state index contributed by atoms with van der Waals surface area (Å²) >= 11 is 6.19. The van der Waals surface area contributed by atoms with Crippen molar-refractivity contribution >= 4 is 40.3 Å². The number of ether oxygens (including phenoxy) is 1. The molecule has 0 atom stereocenters. The molecular formula is C19H15ClN4O4. The average molecular weight is 399 g/mol. The molecule has 0 aliphatic rings. The van der Waals surface area contributed by atoms with E-state index in [1.54, 1.807) is 12.1 Å². The van der Waals surface area contributed by atoms with Gasteiger partial charge in [-0.2, -0.15) is 5.10 Å². The van der Waals surface area contributed by atoms with Crippen LogP contribution in [0.1, 0.15) is 22.8 Å². The second-order valence-corrected chi connectivity index (χ2v) is 5.99. The average Bonchev–Trinajstić information content (AvgIpc) is 2.68. The van der Waals surface area contributed by atoms with E-state index in [0.717, 1.165) is 5.39 Å². The predicted molar refractivity (Wildman–Crippen MR) is 106 cm³/mol. The second kappa shape index (κ2) is 8.45. The number of fused-ring (bicyclic) bond motifs is 1. The summed E-state index contributed by atoms with van der Waals surface area (Å²) in [6, 6.07) is 12.8. The Balaban J connectivity index is 1.80. The van der Waals surface area contributed by atoms with Crippen molar-refractivity contribution in [1.29, 1.82) is 0 Å². The fourth-order valence-electron chi connectivity index (χ4n) is 2.53. The van der Waals surface area contributed by atoms with Crippen LogP contribution in [-0.2, 0) is 0 Å². The zero-order valence-electron chi connectivity index (χ0n) is 14.8. The van der Waals surface area contributed by atoms with Crippen LogP contribution in [0.4, 0.5) is 5.69 Å². The van der Waals surface area contributed by atoms with Crippen LogP contribution in [-0.4, -0.2) is 28.6 Å². The Morgan fingerprint density at radius 2 is 2.11 bits per heavy atom. The summed E-state index contributed by atoms with van der Waals surface area (Å²) in [6.07, 6.45) is 1.33. The highest BCUT2D eigenvalue weighted by atomic mass is 35.5. The number of para-hydroxylation sites is 1. The summed E-state index contributed by atoms with van der Waals surface area (Å²) in [5.74, 6) is -0.00789. The highest BCUT2D eigenvalue weighted by molar-refractivity contribution is 6.32. The van der Waals surface area contributed by atoms with E-state index in [9.17, 15) is 14.9 Å². The van der Waals surface area contributed by atoms with Gasteiger partial charge in [-0.15, -0.1) is 0 Å². The molecule has 1 amide bonds. The van der Waals surface area contributed by atoms with E-state index < -0.39 is 10.8 Å². The van der Waals surface area contributed by atoms with E-state index in [4.69, 9.17) is 16.3 Å². The molecule has 0 spiro atoms.